The van der Waals surface area contributed by atoms with Crippen LogP contribution in [0.2, 0.25) is 0 Å². The fourth-order valence-corrected chi connectivity index (χ4v) is 4.22. The predicted molar refractivity (Wildman–Crippen MR) is 99.6 cm³/mol. The Hall–Kier alpha value is -2.57. The summed E-state index contributed by atoms with van der Waals surface area (Å²) in [5.74, 6) is 0.799. The van der Waals surface area contributed by atoms with Crippen molar-refractivity contribution in [2.75, 3.05) is 16.3 Å². The Morgan fingerprint density at radius 1 is 1.04 bits per heavy atom. The van der Waals surface area contributed by atoms with Gasteiger partial charge in [-0.3, -0.25) is 9.69 Å². The Labute approximate surface area is 147 Å². The van der Waals surface area contributed by atoms with Gasteiger partial charge >= 0.3 is 0 Å². The van der Waals surface area contributed by atoms with E-state index in [2.05, 4.69) is 4.99 Å². The molecule has 7 nitrogen and oxygen atoms in total. The summed E-state index contributed by atoms with van der Waals surface area (Å²) in [5, 5.41) is 0. The monoisotopic (exact) mass is 340 g/mol. The molecule has 1 saturated carbocycles. The summed E-state index contributed by atoms with van der Waals surface area (Å²) in [6, 6.07) is 7.94. The Bertz CT molecular complexity index is 750. The van der Waals surface area contributed by atoms with Crippen molar-refractivity contribution in [1.29, 1.82) is 0 Å². The molecule has 4 rings (SSSR count). The number of nitrogens with two attached hydrogens (primary N) is 2. The van der Waals surface area contributed by atoms with Crippen LogP contribution in [0.15, 0.2) is 34.3 Å². The van der Waals surface area contributed by atoms with Gasteiger partial charge in [-0.1, -0.05) is 12.5 Å². The van der Waals surface area contributed by atoms with Gasteiger partial charge in [-0.05, 0) is 50.3 Å². The standard InChI is InChI=1S/C18H24N6O/c19-16-21-17(20)24(18(22-16)9-2-1-3-10-18)14-7-4-6-13(12-14)23-11-5-8-15(23)25/h4,6-7,12H,1-3,5,8-11H2,(H4,19,20,21,22). The zero-order chi connectivity index (χ0) is 17.4. The first-order chi connectivity index (χ1) is 12.1. The number of aliphatic imine (C=N–C) groups is 2. The minimum atomic E-state index is -0.457. The largest absolute Gasteiger partial charge is 0.369 e. The van der Waals surface area contributed by atoms with Gasteiger partial charge in [0.05, 0.1) is 0 Å². The number of benzene rings is 1. The molecule has 3 aliphatic rings. The second-order valence-electron chi connectivity index (χ2n) is 6.99. The summed E-state index contributed by atoms with van der Waals surface area (Å²) in [7, 11) is 0. The molecule has 132 valence electrons. The molecule has 1 spiro atoms. The number of guanidine groups is 2. The fraction of sp³-hybridized carbons (Fsp3) is 0.500. The number of nitrogens with zero attached hydrogens (tertiary/aromatic N) is 4. The minimum Gasteiger partial charge on any atom is -0.369 e. The molecule has 0 atom stereocenters. The predicted octanol–water partition coefficient (Wildman–Crippen LogP) is 1.92. The molecule has 1 aromatic rings. The smallest absolute Gasteiger partial charge is 0.227 e. The second-order valence-corrected chi connectivity index (χ2v) is 6.99. The summed E-state index contributed by atoms with van der Waals surface area (Å²) in [5.41, 5.74) is 13.6. The maximum atomic E-state index is 12.1. The lowest BCUT2D eigenvalue weighted by Crippen LogP contribution is -2.58. The van der Waals surface area contributed by atoms with Gasteiger partial charge < -0.3 is 16.4 Å². The third-order valence-corrected chi connectivity index (χ3v) is 5.32. The van der Waals surface area contributed by atoms with E-state index in [1.165, 1.54) is 6.42 Å². The maximum absolute atomic E-state index is 12.1. The third-order valence-electron chi connectivity index (χ3n) is 5.32. The van der Waals surface area contributed by atoms with Crippen LogP contribution in [0, 0.1) is 0 Å². The molecule has 0 unspecified atom stereocenters. The first-order valence-electron chi connectivity index (χ1n) is 8.99. The van der Waals surface area contributed by atoms with Crippen LogP contribution in [-0.4, -0.2) is 30.0 Å². The normalized spacial score (nSPS) is 23.0. The van der Waals surface area contributed by atoms with Gasteiger partial charge in [-0.2, -0.15) is 4.99 Å². The number of carbonyl (C=O) groups is 1. The molecule has 0 bridgehead atoms. The molecule has 2 fully saturated rings. The highest BCUT2D eigenvalue weighted by atomic mass is 16.2. The molecule has 1 aromatic carbocycles. The Morgan fingerprint density at radius 3 is 2.52 bits per heavy atom. The Balaban J connectivity index is 1.74. The molecule has 4 N–H and O–H groups in total. The summed E-state index contributed by atoms with van der Waals surface area (Å²) >= 11 is 0. The highest BCUT2D eigenvalue weighted by Gasteiger charge is 2.42. The van der Waals surface area contributed by atoms with Crippen LogP contribution >= 0.6 is 0 Å². The van der Waals surface area contributed by atoms with Crippen molar-refractivity contribution in [3.05, 3.63) is 24.3 Å². The quantitative estimate of drug-likeness (QED) is 0.859. The third kappa shape index (κ3) is 2.73. The van der Waals surface area contributed by atoms with Crippen molar-refractivity contribution < 1.29 is 4.79 Å². The molecule has 25 heavy (non-hydrogen) atoms. The van der Waals surface area contributed by atoms with Crippen molar-refractivity contribution in [2.24, 2.45) is 21.5 Å². The van der Waals surface area contributed by atoms with E-state index in [1.54, 1.807) is 0 Å². The van der Waals surface area contributed by atoms with E-state index in [-0.39, 0.29) is 11.9 Å². The number of carbonyl (C=O) groups excluding carboxylic acids is 1. The van der Waals surface area contributed by atoms with E-state index >= 15 is 0 Å². The van der Waals surface area contributed by atoms with E-state index in [0.29, 0.717) is 12.4 Å². The average Bonchev–Trinajstić information content (AvgIpc) is 3.01. The average molecular weight is 340 g/mol. The van der Waals surface area contributed by atoms with Crippen LogP contribution in [0.1, 0.15) is 44.9 Å². The van der Waals surface area contributed by atoms with Gasteiger partial charge in [0.1, 0.15) is 5.66 Å². The molecule has 0 radical (unpaired) electrons. The lowest BCUT2D eigenvalue weighted by Gasteiger charge is -2.45. The van der Waals surface area contributed by atoms with Crippen LogP contribution in [0.4, 0.5) is 11.4 Å². The summed E-state index contributed by atoms with van der Waals surface area (Å²) in [6.07, 6.45) is 6.69. The molecular weight excluding hydrogens is 316 g/mol. The van der Waals surface area contributed by atoms with Crippen LogP contribution in [0.5, 0.6) is 0 Å². The van der Waals surface area contributed by atoms with Crippen LogP contribution in [-0.2, 0) is 4.79 Å². The fourth-order valence-electron chi connectivity index (χ4n) is 4.22. The number of anilines is 2. The zero-order valence-electron chi connectivity index (χ0n) is 14.3. The minimum absolute atomic E-state index is 0.173. The zero-order valence-corrected chi connectivity index (χ0v) is 14.3. The van der Waals surface area contributed by atoms with Crippen molar-refractivity contribution in [3.8, 4) is 0 Å². The van der Waals surface area contributed by atoms with E-state index in [1.807, 2.05) is 34.1 Å². The van der Waals surface area contributed by atoms with Gasteiger partial charge in [0.25, 0.3) is 0 Å². The molecule has 1 aliphatic carbocycles. The summed E-state index contributed by atoms with van der Waals surface area (Å²) in [6.45, 7) is 0.766. The first-order valence-corrected chi connectivity index (χ1v) is 8.99. The van der Waals surface area contributed by atoms with Crippen molar-refractivity contribution in [1.82, 2.24) is 0 Å². The van der Waals surface area contributed by atoms with Crippen molar-refractivity contribution in [2.45, 2.75) is 50.6 Å². The van der Waals surface area contributed by atoms with E-state index in [9.17, 15) is 4.79 Å². The molecule has 0 aromatic heterocycles. The summed E-state index contributed by atoms with van der Waals surface area (Å²) < 4.78 is 0. The van der Waals surface area contributed by atoms with Crippen LogP contribution in [0.25, 0.3) is 0 Å². The first kappa shape index (κ1) is 15.9. The Kier molecular flexibility index (Phi) is 3.86. The highest BCUT2D eigenvalue weighted by molar-refractivity contribution is 6.06. The number of hydrogen-bond acceptors (Lipinski definition) is 6. The summed E-state index contributed by atoms with van der Waals surface area (Å²) in [4.78, 5) is 24.8. The van der Waals surface area contributed by atoms with Gasteiger partial charge in [-0.25, -0.2) is 4.99 Å². The van der Waals surface area contributed by atoms with Crippen molar-refractivity contribution in [3.63, 3.8) is 0 Å². The molecule has 7 heteroatoms. The molecule has 1 amide bonds. The van der Waals surface area contributed by atoms with Gasteiger partial charge in [0.15, 0.2) is 0 Å². The highest BCUT2D eigenvalue weighted by Crippen LogP contribution is 2.40. The topological polar surface area (TPSA) is 100 Å². The van der Waals surface area contributed by atoms with E-state index < -0.39 is 5.66 Å². The van der Waals surface area contributed by atoms with Crippen LogP contribution in [0.3, 0.4) is 0 Å². The van der Waals surface area contributed by atoms with Gasteiger partial charge in [0, 0.05) is 24.3 Å². The molecule has 2 heterocycles. The van der Waals surface area contributed by atoms with E-state index in [4.69, 9.17) is 16.5 Å². The number of hydrogen-bond donors (Lipinski definition) is 2. The van der Waals surface area contributed by atoms with Crippen molar-refractivity contribution >= 4 is 29.2 Å². The van der Waals surface area contributed by atoms with E-state index in [0.717, 1.165) is 50.0 Å². The molecule has 2 aliphatic heterocycles. The maximum Gasteiger partial charge on any atom is 0.227 e. The van der Waals surface area contributed by atoms with Crippen LogP contribution < -0.4 is 21.3 Å². The van der Waals surface area contributed by atoms with Gasteiger partial charge in [-0.15, -0.1) is 0 Å². The molecular formula is C18H24N6O. The number of rotatable bonds is 2. The lowest BCUT2D eigenvalue weighted by molar-refractivity contribution is -0.117. The SMILES string of the molecule is NC1=NC2(CCCCC2)N(c2cccc(N3CCCC3=O)c2)C(N)=N1. The second kappa shape index (κ2) is 6.06. The molecule has 1 saturated heterocycles. The lowest BCUT2D eigenvalue weighted by atomic mass is 9.87. The number of amides is 1. The Morgan fingerprint density at radius 2 is 1.80 bits per heavy atom. The van der Waals surface area contributed by atoms with Gasteiger partial charge in [0.2, 0.25) is 17.8 Å².